The Labute approximate surface area is 155 Å². The molecule has 3 aromatic rings. The molecular formula is C18H14ClN3O3S. The van der Waals surface area contributed by atoms with E-state index in [0.717, 1.165) is 0 Å². The lowest BCUT2D eigenvalue weighted by molar-refractivity contribution is 0.102. The monoisotopic (exact) mass is 387 g/mol. The van der Waals surface area contributed by atoms with Gasteiger partial charge < -0.3 is 5.32 Å². The predicted octanol–water partition coefficient (Wildman–Crippen LogP) is 3.37. The van der Waals surface area contributed by atoms with Crippen LogP contribution in [0.15, 0.2) is 53.4 Å². The van der Waals surface area contributed by atoms with Crippen molar-refractivity contribution in [3.8, 4) is 5.69 Å². The molecule has 0 saturated carbocycles. The summed E-state index contributed by atoms with van der Waals surface area (Å²) >= 11 is 5.94. The van der Waals surface area contributed by atoms with Crippen molar-refractivity contribution in [2.75, 3.05) is 5.32 Å². The number of carbonyl (C=O) groups excluding carboxylic acids is 1. The number of nitrogens with zero attached hydrogens (tertiary/aromatic N) is 2. The quantitative estimate of drug-likeness (QED) is 0.730. The Hall–Kier alpha value is -2.64. The molecule has 0 atom stereocenters. The van der Waals surface area contributed by atoms with E-state index in [9.17, 15) is 13.2 Å². The maximum atomic E-state index is 12.7. The number of hydrogen-bond acceptors (Lipinski definition) is 4. The topological polar surface area (TPSA) is 81.1 Å². The Morgan fingerprint density at radius 1 is 1.19 bits per heavy atom. The second-order valence-electron chi connectivity index (χ2n) is 5.98. The summed E-state index contributed by atoms with van der Waals surface area (Å²) in [6, 6.07) is 13.4. The number of imidazole rings is 1. The first-order chi connectivity index (χ1) is 12.4. The van der Waals surface area contributed by atoms with Crippen LogP contribution in [0.3, 0.4) is 0 Å². The van der Waals surface area contributed by atoms with Crippen molar-refractivity contribution in [2.24, 2.45) is 0 Å². The Balaban J connectivity index is 1.81. The molecule has 0 aliphatic carbocycles. The molecule has 2 heterocycles. The molecule has 1 aliphatic rings. The summed E-state index contributed by atoms with van der Waals surface area (Å²) in [4.78, 5) is 17.3. The van der Waals surface area contributed by atoms with Gasteiger partial charge in [0.1, 0.15) is 5.82 Å². The molecule has 0 unspecified atom stereocenters. The Kier molecular flexibility index (Phi) is 3.86. The molecule has 6 nitrogen and oxygen atoms in total. The highest BCUT2D eigenvalue weighted by Crippen LogP contribution is 2.33. The lowest BCUT2D eigenvalue weighted by Gasteiger charge is -2.20. The zero-order valence-electron chi connectivity index (χ0n) is 13.7. The number of benzene rings is 2. The number of nitrogens with one attached hydrogen (secondary N) is 1. The van der Waals surface area contributed by atoms with Gasteiger partial charge in [0.05, 0.1) is 22.0 Å². The highest BCUT2D eigenvalue weighted by Gasteiger charge is 2.33. The third-order valence-electron chi connectivity index (χ3n) is 4.21. The fourth-order valence-corrected chi connectivity index (χ4v) is 4.87. The second-order valence-corrected chi connectivity index (χ2v) is 8.38. The van der Waals surface area contributed by atoms with Crippen LogP contribution in [0.1, 0.15) is 22.0 Å². The van der Waals surface area contributed by atoms with Crippen LogP contribution < -0.4 is 5.32 Å². The lowest BCUT2D eigenvalue weighted by Crippen LogP contribution is -2.22. The predicted molar refractivity (Wildman–Crippen MR) is 98.6 cm³/mol. The molecule has 4 rings (SSSR count). The number of amides is 1. The summed E-state index contributed by atoms with van der Waals surface area (Å²) in [6.07, 6.45) is 0. The maximum absolute atomic E-state index is 12.7. The summed E-state index contributed by atoms with van der Waals surface area (Å²) < 4.78 is 27.0. The van der Waals surface area contributed by atoms with Crippen molar-refractivity contribution in [3.63, 3.8) is 0 Å². The highest BCUT2D eigenvalue weighted by atomic mass is 35.5. The van der Waals surface area contributed by atoms with Crippen LogP contribution in [0.25, 0.3) is 5.69 Å². The Morgan fingerprint density at radius 2 is 1.96 bits per heavy atom. The van der Waals surface area contributed by atoms with Gasteiger partial charge in [0.2, 0.25) is 0 Å². The van der Waals surface area contributed by atoms with Crippen LogP contribution in [-0.2, 0) is 15.6 Å². The number of anilines is 1. The third-order valence-corrected chi connectivity index (χ3v) is 6.11. The van der Waals surface area contributed by atoms with E-state index in [1.165, 1.54) is 0 Å². The van der Waals surface area contributed by atoms with Gasteiger partial charge in [-0.1, -0.05) is 29.8 Å². The number of aromatic nitrogens is 2. The molecule has 0 fully saturated rings. The van der Waals surface area contributed by atoms with Gasteiger partial charge in [-0.05, 0) is 37.3 Å². The molecule has 1 N–H and O–H groups in total. The molecule has 0 spiro atoms. The van der Waals surface area contributed by atoms with Gasteiger partial charge in [0.25, 0.3) is 5.91 Å². The standard InChI is InChI=1S/C18H14ClN3O3S/c1-11-20-17(18(23)21-13-6-4-5-12(19)9-13)15-10-26(24,25)16-8-3-2-7-14(16)22(11)15/h2-9H,10H2,1H3,(H,21,23). The molecule has 1 aromatic heterocycles. The molecule has 26 heavy (non-hydrogen) atoms. The molecule has 2 aromatic carbocycles. The highest BCUT2D eigenvalue weighted by molar-refractivity contribution is 7.90. The number of sulfone groups is 1. The number of aryl methyl sites for hydroxylation is 1. The largest absolute Gasteiger partial charge is 0.321 e. The minimum Gasteiger partial charge on any atom is -0.321 e. The van der Waals surface area contributed by atoms with Crippen molar-refractivity contribution in [3.05, 3.63) is 70.8 Å². The molecule has 8 heteroatoms. The molecule has 0 radical (unpaired) electrons. The molecule has 0 saturated heterocycles. The minimum absolute atomic E-state index is 0.0977. The van der Waals surface area contributed by atoms with E-state index in [-0.39, 0.29) is 16.3 Å². The average Bonchev–Trinajstić information content (AvgIpc) is 2.91. The first kappa shape index (κ1) is 16.8. The van der Waals surface area contributed by atoms with Crippen LogP contribution >= 0.6 is 11.6 Å². The summed E-state index contributed by atoms with van der Waals surface area (Å²) in [6.45, 7) is 1.74. The van der Waals surface area contributed by atoms with E-state index >= 15 is 0 Å². The van der Waals surface area contributed by atoms with Gasteiger partial charge in [-0.3, -0.25) is 9.36 Å². The maximum Gasteiger partial charge on any atom is 0.276 e. The summed E-state index contributed by atoms with van der Waals surface area (Å²) in [5, 5.41) is 3.21. The number of hydrogen-bond donors (Lipinski definition) is 1. The molecular weight excluding hydrogens is 374 g/mol. The smallest absolute Gasteiger partial charge is 0.276 e. The Bertz CT molecular complexity index is 1150. The van der Waals surface area contributed by atoms with Gasteiger partial charge in [-0.15, -0.1) is 0 Å². The first-order valence-electron chi connectivity index (χ1n) is 7.84. The SMILES string of the molecule is Cc1nc(C(=O)Nc2cccc(Cl)c2)c2n1-c1ccccc1S(=O)(=O)C2. The van der Waals surface area contributed by atoms with Crippen molar-refractivity contribution >= 4 is 33.0 Å². The minimum atomic E-state index is -3.54. The fraction of sp³-hybridized carbons (Fsp3) is 0.111. The molecule has 1 amide bonds. The zero-order chi connectivity index (χ0) is 18.5. The lowest BCUT2D eigenvalue weighted by atomic mass is 10.2. The number of para-hydroxylation sites is 1. The van der Waals surface area contributed by atoms with Gasteiger partial charge in [0, 0.05) is 10.7 Å². The number of fused-ring (bicyclic) bond motifs is 3. The fourth-order valence-electron chi connectivity index (χ4n) is 3.13. The summed E-state index contributed by atoms with van der Waals surface area (Å²) in [5.74, 6) is -0.194. The Morgan fingerprint density at radius 3 is 2.73 bits per heavy atom. The van der Waals surface area contributed by atoms with Crippen molar-refractivity contribution in [1.29, 1.82) is 0 Å². The summed E-state index contributed by atoms with van der Waals surface area (Å²) in [7, 11) is -3.54. The summed E-state index contributed by atoms with van der Waals surface area (Å²) in [5.41, 5.74) is 1.49. The van der Waals surface area contributed by atoms with Gasteiger partial charge >= 0.3 is 0 Å². The van der Waals surface area contributed by atoms with Crippen LogP contribution in [0.2, 0.25) is 5.02 Å². The van der Waals surface area contributed by atoms with E-state index in [1.807, 2.05) is 0 Å². The van der Waals surface area contributed by atoms with Crippen molar-refractivity contribution < 1.29 is 13.2 Å². The molecule has 132 valence electrons. The van der Waals surface area contributed by atoms with E-state index in [0.29, 0.717) is 27.9 Å². The van der Waals surface area contributed by atoms with Gasteiger partial charge in [-0.25, -0.2) is 13.4 Å². The number of halogens is 1. The van der Waals surface area contributed by atoms with Crippen molar-refractivity contribution in [2.45, 2.75) is 17.6 Å². The molecule has 0 bridgehead atoms. The molecule has 1 aliphatic heterocycles. The van der Waals surface area contributed by atoms with E-state index in [1.54, 1.807) is 60.0 Å². The van der Waals surface area contributed by atoms with Crippen molar-refractivity contribution in [1.82, 2.24) is 9.55 Å². The number of carbonyl (C=O) groups is 1. The second kappa shape index (κ2) is 5.96. The average molecular weight is 388 g/mol. The van der Waals surface area contributed by atoms with Gasteiger partial charge in [-0.2, -0.15) is 0 Å². The van der Waals surface area contributed by atoms with Crippen LogP contribution in [0, 0.1) is 6.92 Å². The van der Waals surface area contributed by atoms with E-state index in [2.05, 4.69) is 10.3 Å². The normalized spacial score (nSPS) is 14.4. The number of rotatable bonds is 2. The first-order valence-corrected chi connectivity index (χ1v) is 9.87. The van der Waals surface area contributed by atoms with Gasteiger partial charge in [0.15, 0.2) is 15.5 Å². The van der Waals surface area contributed by atoms with Crippen LogP contribution in [0.5, 0.6) is 0 Å². The zero-order valence-corrected chi connectivity index (χ0v) is 15.3. The van der Waals surface area contributed by atoms with E-state index in [4.69, 9.17) is 11.6 Å². The third kappa shape index (κ3) is 2.69. The van der Waals surface area contributed by atoms with Crippen LogP contribution in [-0.4, -0.2) is 23.9 Å². The van der Waals surface area contributed by atoms with E-state index < -0.39 is 15.7 Å². The van der Waals surface area contributed by atoms with Crippen LogP contribution in [0.4, 0.5) is 5.69 Å².